The van der Waals surface area contributed by atoms with Crippen LogP contribution in [0.5, 0.6) is 0 Å². The third kappa shape index (κ3) is 4.79. The summed E-state index contributed by atoms with van der Waals surface area (Å²) in [5.41, 5.74) is 7.85. The number of rotatable bonds is 4. The summed E-state index contributed by atoms with van der Waals surface area (Å²) < 4.78 is 1.94. The number of aromatic nitrogens is 2. The second-order valence-electron chi connectivity index (χ2n) is 3.69. The van der Waals surface area contributed by atoms with Gasteiger partial charge in [-0.15, -0.1) is 22.7 Å². The Balaban J connectivity index is 0.000000164. The van der Waals surface area contributed by atoms with E-state index in [9.17, 15) is 4.79 Å². The molecule has 0 saturated heterocycles. The normalized spacial score (nSPS) is 10.4. The lowest BCUT2D eigenvalue weighted by molar-refractivity contribution is 0.215. The van der Waals surface area contributed by atoms with Crippen molar-refractivity contribution >= 4 is 61.6 Å². The summed E-state index contributed by atoms with van der Waals surface area (Å²) in [6.07, 6.45) is 1.51. The molecule has 0 aliphatic carbocycles. The summed E-state index contributed by atoms with van der Waals surface area (Å²) in [6.45, 7) is 0. The Morgan fingerprint density at radius 3 is 2.82 bits per heavy atom. The minimum Gasteiger partial charge on any atom is -0.399 e. The smallest absolute Gasteiger partial charge is 0.183 e. The van der Waals surface area contributed by atoms with E-state index in [1.165, 1.54) is 24.7 Å². The average Bonchev–Trinajstić information content (AvgIpc) is 3.11. The highest BCUT2D eigenvalue weighted by atomic mass is 32.2. The van der Waals surface area contributed by atoms with E-state index in [1.807, 2.05) is 24.3 Å². The van der Waals surface area contributed by atoms with Crippen molar-refractivity contribution in [3.05, 3.63) is 35.3 Å². The van der Waals surface area contributed by atoms with E-state index in [-0.39, 0.29) is 0 Å². The zero-order chi connectivity index (χ0) is 15.8. The molecule has 2 aromatic heterocycles. The fourth-order valence-corrected chi connectivity index (χ4v) is 3.43. The van der Waals surface area contributed by atoms with Crippen molar-refractivity contribution < 1.29 is 9.63 Å². The maximum Gasteiger partial charge on any atom is 0.183 e. The summed E-state index contributed by atoms with van der Waals surface area (Å²) in [4.78, 5) is 22.8. The Hall–Kier alpha value is -1.97. The van der Waals surface area contributed by atoms with Crippen LogP contribution in [0.3, 0.4) is 0 Å². The summed E-state index contributed by atoms with van der Waals surface area (Å²) >= 11 is 4.05. The van der Waals surface area contributed by atoms with Crippen molar-refractivity contribution in [2.24, 2.45) is 5.16 Å². The van der Waals surface area contributed by atoms with Gasteiger partial charge in [0.25, 0.3) is 0 Å². The van der Waals surface area contributed by atoms with Gasteiger partial charge in [-0.25, -0.2) is 9.97 Å². The van der Waals surface area contributed by atoms with Gasteiger partial charge in [0.15, 0.2) is 15.1 Å². The maximum atomic E-state index is 10.2. The third-order valence-corrected chi connectivity index (χ3v) is 4.70. The van der Waals surface area contributed by atoms with Crippen molar-refractivity contribution in [1.29, 1.82) is 0 Å². The highest BCUT2D eigenvalue weighted by molar-refractivity contribution is 8.13. The van der Waals surface area contributed by atoms with E-state index in [1.54, 1.807) is 16.7 Å². The Bertz CT molecular complexity index is 736. The van der Waals surface area contributed by atoms with Gasteiger partial charge in [-0.3, -0.25) is 4.79 Å². The number of carbonyl (C=O) groups excluding carboxylic acids is 1. The minimum absolute atomic E-state index is 0.539. The predicted molar refractivity (Wildman–Crippen MR) is 93.4 cm³/mol. The predicted octanol–water partition coefficient (Wildman–Crippen LogP) is 3.28. The van der Waals surface area contributed by atoms with Gasteiger partial charge in [-0.1, -0.05) is 17.3 Å². The number of thiazole rings is 2. The molecule has 3 aromatic rings. The van der Waals surface area contributed by atoms with Crippen molar-refractivity contribution in [3.8, 4) is 0 Å². The number of benzene rings is 1. The van der Waals surface area contributed by atoms with Crippen LogP contribution in [0.1, 0.15) is 5.69 Å². The topological polar surface area (TPSA) is 90.5 Å². The molecule has 0 amide bonds. The number of thioether (sulfide) groups is 1. The first-order valence-corrected chi connectivity index (χ1v) is 8.54. The van der Waals surface area contributed by atoms with Gasteiger partial charge in [0.1, 0.15) is 7.11 Å². The molecule has 0 saturated carbocycles. The Kier molecular flexibility index (Phi) is 6.31. The highest BCUT2D eigenvalue weighted by Crippen LogP contribution is 2.27. The van der Waals surface area contributed by atoms with Gasteiger partial charge < -0.3 is 10.6 Å². The molecule has 2 N–H and O–H groups in total. The van der Waals surface area contributed by atoms with Crippen molar-refractivity contribution in [2.45, 2.75) is 4.34 Å². The molecule has 6 nitrogen and oxygen atoms in total. The quantitative estimate of drug-likeness (QED) is 0.335. The van der Waals surface area contributed by atoms with Crippen molar-refractivity contribution in [1.82, 2.24) is 9.97 Å². The van der Waals surface area contributed by atoms with Crippen LogP contribution < -0.4 is 5.73 Å². The summed E-state index contributed by atoms with van der Waals surface area (Å²) in [7, 11) is 1.48. The zero-order valence-corrected chi connectivity index (χ0v) is 14.0. The van der Waals surface area contributed by atoms with Crippen LogP contribution in [0.25, 0.3) is 10.2 Å². The number of hydrogen-bond acceptors (Lipinski definition) is 9. The lowest BCUT2D eigenvalue weighted by Crippen LogP contribution is -1.85. The first-order valence-electron chi connectivity index (χ1n) is 5.96. The number of para-hydroxylation sites is 1. The van der Waals surface area contributed by atoms with Gasteiger partial charge in [0.05, 0.1) is 22.1 Å². The van der Waals surface area contributed by atoms with Gasteiger partial charge in [0, 0.05) is 5.38 Å². The molecule has 0 aliphatic heterocycles. The van der Waals surface area contributed by atoms with Crippen LogP contribution in [-0.2, 0) is 9.63 Å². The number of oxime groups is 1. The van der Waals surface area contributed by atoms with Gasteiger partial charge in [0.2, 0.25) is 0 Å². The molecule has 0 aliphatic rings. The van der Waals surface area contributed by atoms with Crippen LogP contribution in [0.2, 0.25) is 0 Å². The summed E-state index contributed by atoms with van der Waals surface area (Å²) in [5, 5.41) is 5.86. The number of fused-ring (bicyclic) bond motifs is 1. The van der Waals surface area contributed by atoms with E-state index >= 15 is 0 Å². The highest BCUT2D eigenvalue weighted by Gasteiger charge is 2.01. The third-order valence-electron chi connectivity index (χ3n) is 2.25. The lowest BCUT2D eigenvalue weighted by atomic mass is 10.3. The standard InChI is InChI=1S/C8H5NOS2.C5H7N3OS/c10-5-11-8-9-6-3-1-2-4-7(6)12-8;1-9-7-2-4-3-10-5(6)8-4/h1-5H;2-3H,1H3,(H2,6,8)/b;7-2+. The fraction of sp³-hybridized carbons (Fsp3) is 0.0769. The van der Waals surface area contributed by atoms with Crippen LogP contribution in [-0.4, -0.2) is 28.9 Å². The van der Waals surface area contributed by atoms with Crippen LogP contribution >= 0.6 is 34.4 Å². The largest absolute Gasteiger partial charge is 0.399 e. The van der Waals surface area contributed by atoms with Crippen LogP contribution in [0, 0.1) is 0 Å². The van der Waals surface area contributed by atoms with E-state index < -0.39 is 0 Å². The molecular weight excluding hydrogens is 340 g/mol. The molecule has 1 aromatic carbocycles. The van der Waals surface area contributed by atoms with Crippen LogP contribution in [0.15, 0.2) is 39.1 Å². The molecule has 9 heteroatoms. The first kappa shape index (κ1) is 16.4. The van der Waals surface area contributed by atoms with E-state index in [0.29, 0.717) is 5.13 Å². The number of anilines is 1. The number of hydrogen-bond donors (Lipinski definition) is 1. The van der Waals surface area contributed by atoms with Crippen LogP contribution in [0.4, 0.5) is 5.13 Å². The molecule has 0 unspecified atom stereocenters. The zero-order valence-electron chi connectivity index (χ0n) is 11.5. The number of nitrogen functional groups attached to an aromatic ring is 1. The molecule has 2 heterocycles. The van der Waals surface area contributed by atoms with E-state index in [2.05, 4.69) is 20.0 Å². The monoisotopic (exact) mass is 352 g/mol. The molecule has 0 spiro atoms. The minimum atomic E-state index is 0.539. The average molecular weight is 352 g/mol. The lowest BCUT2D eigenvalue weighted by Gasteiger charge is -1.81. The first-order chi connectivity index (χ1) is 10.7. The number of nitrogens with two attached hydrogens (primary N) is 1. The Morgan fingerprint density at radius 1 is 1.36 bits per heavy atom. The van der Waals surface area contributed by atoms with Crippen molar-refractivity contribution in [2.75, 3.05) is 12.8 Å². The number of carbonyl (C=O) groups is 1. The van der Waals surface area contributed by atoms with Crippen molar-refractivity contribution in [3.63, 3.8) is 0 Å². The molecule has 0 atom stereocenters. The molecule has 22 heavy (non-hydrogen) atoms. The fourth-order valence-electron chi connectivity index (χ4n) is 1.41. The Morgan fingerprint density at radius 2 is 2.18 bits per heavy atom. The SMILES string of the molecule is CO/N=C/c1csc(N)n1.O=CSc1nc2ccccc2s1. The van der Waals surface area contributed by atoms with E-state index in [4.69, 9.17) is 5.73 Å². The second kappa shape index (κ2) is 8.47. The van der Waals surface area contributed by atoms with E-state index in [0.717, 1.165) is 37.6 Å². The Labute approximate surface area is 139 Å². The molecule has 3 rings (SSSR count). The molecule has 0 radical (unpaired) electrons. The molecular formula is C13H12N4O2S3. The van der Waals surface area contributed by atoms with Gasteiger partial charge >= 0.3 is 0 Å². The summed E-state index contributed by atoms with van der Waals surface area (Å²) in [5.74, 6) is 0. The van der Waals surface area contributed by atoms with Gasteiger partial charge in [-0.05, 0) is 23.9 Å². The molecule has 0 fully saturated rings. The second-order valence-corrected chi connectivity index (χ2v) is 6.68. The maximum absolute atomic E-state index is 10.2. The van der Waals surface area contributed by atoms with Gasteiger partial charge in [-0.2, -0.15) is 0 Å². The summed E-state index contributed by atoms with van der Waals surface area (Å²) in [6, 6.07) is 7.86. The molecule has 0 bridgehead atoms. The molecule has 114 valence electrons. The number of nitrogens with zero attached hydrogens (tertiary/aromatic N) is 3.